The third kappa shape index (κ3) is 4.95. The van der Waals surface area contributed by atoms with Crippen molar-refractivity contribution in [2.75, 3.05) is 6.54 Å². The Hall–Kier alpha value is -1.49. The van der Waals surface area contributed by atoms with E-state index >= 15 is 0 Å². The molecule has 0 aromatic heterocycles. The van der Waals surface area contributed by atoms with E-state index in [2.05, 4.69) is 0 Å². The van der Waals surface area contributed by atoms with Crippen LogP contribution in [0.25, 0.3) is 0 Å². The lowest BCUT2D eigenvalue weighted by Gasteiger charge is -2.19. The average Bonchev–Trinajstić information content (AvgIpc) is 2.32. The number of rotatable bonds is 7. The van der Waals surface area contributed by atoms with Crippen LogP contribution in [0.5, 0.6) is 0 Å². The van der Waals surface area contributed by atoms with Crippen LogP contribution in [0.4, 0.5) is 8.78 Å². The van der Waals surface area contributed by atoms with Crippen LogP contribution in [0.1, 0.15) is 25.3 Å². The Morgan fingerprint density at radius 1 is 1.32 bits per heavy atom. The molecule has 1 rings (SSSR count). The number of hydrogen-bond acceptors (Lipinski definition) is 2. The molecule has 0 spiro atoms. The van der Waals surface area contributed by atoms with Gasteiger partial charge in [-0.15, -0.1) is 0 Å². The normalized spacial score (nSPS) is 14.1. The highest BCUT2D eigenvalue weighted by molar-refractivity contribution is 5.70. The molecule has 2 unspecified atom stereocenters. The minimum absolute atomic E-state index is 0.0471. The minimum atomic E-state index is -0.925. The number of carboxylic acids is 1. The van der Waals surface area contributed by atoms with Gasteiger partial charge in [-0.25, -0.2) is 8.78 Å². The van der Waals surface area contributed by atoms with Crippen LogP contribution >= 0.6 is 0 Å². The Bertz CT molecular complexity index is 417. The number of hydrogen-bond donors (Lipinski definition) is 2. The van der Waals surface area contributed by atoms with Crippen molar-refractivity contribution in [2.24, 2.45) is 17.6 Å². The van der Waals surface area contributed by atoms with Crippen molar-refractivity contribution in [2.45, 2.75) is 26.2 Å². The third-order valence-corrected chi connectivity index (χ3v) is 3.28. The summed E-state index contributed by atoms with van der Waals surface area (Å²) in [7, 11) is 0. The molecule has 3 nitrogen and oxygen atoms in total. The first-order valence-corrected chi connectivity index (χ1v) is 6.34. The summed E-state index contributed by atoms with van der Waals surface area (Å²) in [6.07, 6.45) is 1.61. The topological polar surface area (TPSA) is 63.3 Å². The van der Waals surface area contributed by atoms with E-state index in [-0.39, 0.29) is 12.5 Å². The molecule has 0 aliphatic heterocycles. The van der Waals surface area contributed by atoms with Gasteiger partial charge in [-0.2, -0.15) is 0 Å². The maximum atomic E-state index is 13.1. The van der Waals surface area contributed by atoms with Gasteiger partial charge in [0.1, 0.15) is 11.6 Å². The first-order chi connectivity index (χ1) is 8.96. The first-order valence-electron chi connectivity index (χ1n) is 6.34. The smallest absolute Gasteiger partial charge is 0.307 e. The number of benzene rings is 1. The summed E-state index contributed by atoms with van der Waals surface area (Å²) in [5.41, 5.74) is 5.96. The fraction of sp³-hybridized carbons (Fsp3) is 0.500. The van der Waals surface area contributed by atoms with Gasteiger partial charge in [-0.3, -0.25) is 4.79 Å². The van der Waals surface area contributed by atoms with Crippen LogP contribution in [0.3, 0.4) is 0 Å². The molecule has 0 saturated carbocycles. The van der Waals surface area contributed by atoms with Gasteiger partial charge in [-0.1, -0.05) is 13.3 Å². The predicted octanol–water partition coefficient (Wildman–Crippen LogP) is 2.58. The van der Waals surface area contributed by atoms with Gasteiger partial charge in [0.15, 0.2) is 0 Å². The maximum absolute atomic E-state index is 13.1. The van der Waals surface area contributed by atoms with Gasteiger partial charge >= 0.3 is 5.97 Å². The lowest BCUT2D eigenvalue weighted by Crippen LogP contribution is -2.26. The van der Waals surface area contributed by atoms with Gasteiger partial charge in [0.05, 0.1) is 5.92 Å². The molecule has 0 aliphatic rings. The Kier molecular flexibility index (Phi) is 5.89. The summed E-state index contributed by atoms with van der Waals surface area (Å²) in [5.74, 6) is -2.71. The largest absolute Gasteiger partial charge is 0.481 e. The summed E-state index contributed by atoms with van der Waals surface area (Å²) in [6.45, 7) is 2.00. The lowest BCUT2D eigenvalue weighted by atomic mass is 9.87. The molecule has 5 heteroatoms. The van der Waals surface area contributed by atoms with Gasteiger partial charge in [-0.05, 0) is 36.5 Å². The molecule has 0 heterocycles. The maximum Gasteiger partial charge on any atom is 0.307 e. The number of carboxylic acid groups (broad SMARTS) is 1. The van der Waals surface area contributed by atoms with E-state index in [0.29, 0.717) is 18.4 Å². The van der Waals surface area contributed by atoms with Crippen molar-refractivity contribution in [3.05, 3.63) is 35.4 Å². The summed E-state index contributed by atoms with van der Waals surface area (Å²) >= 11 is 0. The first kappa shape index (κ1) is 15.6. The van der Waals surface area contributed by atoms with Gasteiger partial charge in [0.25, 0.3) is 0 Å². The standard InChI is InChI=1S/C14H19F2NO2/c1-2-9(4-11(8-17)14(18)19)3-10-5-12(15)7-13(16)6-10/h5-7,9,11H,2-4,8,17H2,1H3,(H,18,19). The molecule has 0 saturated heterocycles. The van der Waals surface area contributed by atoms with Crippen LogP contribution in [-0.4, -0.2) is 17.6 Å². The Morgan fingerprint density at radius 2 is 1.89 bits per heavy atom. The van der Waals surface area contributed by atoms with Crippen molar-refractivity contribution >= 4 is 5.97 Å². The van der Waals surface area contributed by atoms with Crippen molar-refractivity contribution < 1.29 is 18.7 Å². The zero-order valence-electron chi connectivity index (χ0n) is 10.9. The second-order valence-corrected chi connectivity index (χ2v) is 4.76. The van der Waals surface area contributed by atoms with E-state index in [1.165, 1.54) is 12.1 Å². The van der Waals surface area contributed by atoms with E-state index in [1.54, 1.807) is 0 Å². The van der Waals surface area contributed by atoms with E-state index in [9.17, 15) is 13.6 Å². The number of aliphatic carboxylic acids is 1. The molecule has 0 aliphatic carbocycles. The Morgan fingerprint density at radius 3 is 2.32 bits per heavy atom. The Labute approximate surface area is 111 Å². The third-order valence-electron chi connectivity index (χ3n) is 3.28. The van der Waals surface area contributed by atoms with Crippen molar-refractivity contribution in [1.82, 2.24) is 0 Å². The van der Waals surface area contributed by atoms with Crippen molar-refractivity contribution in [3.63, 3.8) is 0 Å². The SMILES string of the molecule is CCC(Cc1cc(F)cc(F)c1)CC(CN)C(=O)O. The zero-order valence-corrected chi connectivity index (χ0v) is 10.9. The molecule has 3 N–H and O–H groups in total. The van der Waals surface area contributed by atoms with Gasteiger partial charge < -0.3 is 10.8 Å². The summed E-state index contributed by atoms with van der Waals surface area (Å²) in [5, 5.41) is 8.97. The van der Waals surface area contributed by atoms with E-state index < -0.39 is 23.5 Å². The monoisotopic (exact) mass is 271 g/mol. The fourth-order valence-electron chi connectivity index (χ4n) is 2.16. The molecule has 1 aromatic carbocycles. The van der Waals surface area contributed by atoms with Crippen LogP contribution < -0.4 is 5.73 Å². The summed E-state index contributed by atoms with van der Waals surface area (Å²) < 4.78 is 26.2. The second kappa shape index (κ2) is 7.19. The van der Waals surface area contributed by atoms with Crippen LogP contribution in [0.15, 0.2) is 18.2 Å². The van der Waals surface area contributed by atoms with Crippen LogP contribution in [0, 0.1) is 23.5 Å². The van der Waals surface area contributed by atoms with Crippen LogP contribution in [-0.2, 0) is 11.2 Å². The van der Waals surface area contributed by atoms with Crippen LogP contribution in [0.2, 0.25) is 0 Å². The highest BCUT2D eigenvalue weighted by Gasteiger charge is 2.20. The molecule has 19 heavy (non-hydrogen) atoms. The van der Waals surface area contributed by atoms with Crippen molar-refractivity contribution in [3.8, 4) is 0 Å². The second-order valence-electron chi connectivity index (χ2n) is 4.76. The zero-order chi connectivity index (χ0) is 14.4. The van der Waals surface area contributed by atoms with Gasteiger partial charge in [0.2, 0.25) is 0 Å². The Balaban J connectivity index is 2.73. The highest BCUT2D eigenvalue weighted by atomic mass is 19.1. The van der Waals surface area contributed by atoms with E-state index in [0.717, 1.165) is 12.5 Å². The molecular weight excluding hydrogens is 252 g/mol. The highest BCUT2D eigenvalue weighted by Crippen LogP contribution is 2.21. The lowest BCUT2D eigenvalue weighted by molar-refractivity contribution is -0.142. The van der Waals surface area contributed by atoms with E-state index in [4.69, 9.17) is 10.8 Å². The molecular formula is C14H19F2NO2. The number of nitrogens with two attached hydrogens (primary N) is 1. The molecule has 0 bridgehead atoms. The minimum Gasteiger partial charge on any atom is -0.481 e. The molecule has 0 radical (unpaired) electrons. The summed E-state index contributed by atoms with van der Waals surface area (Å²) in [4.78, 5) is 10.9. The predicted molar refractivity (Wildman–Crippen MR) is 68.6 cm³/mol. The van der Waals surface area contributed by atoms with E-state index in [1.807, 2.05) is 6.92 Å². The summed E-state index contributed by atoms with van der Waals surface area (Å²) in [6, 6.07) is 3.39. The quantitative estimate of drug-likeness (QED) is 0.801. The molecule has 0 amide bonds. The molecule has 2 atom stereocenters. The number of halogens is 2. The molecule has 1 aromatic rings. The fourth-order valence-corrected chi connectivity index (χ4v) is 2.16. The molecule has 106 valence electrons. The average molecular weight is 271 g/mol. The van der Waals surface area contributed by atoms with Crippen molar-refractivity contribution in [1.29, 1.82) is 0 Å². The van der Waals surface area contributed by atoms with Gasteiger partial charge in [0, 0.05) is 12.6 Å². The number of carbonyl (C=O) groups is 1. The molecule has 0 fully saturated rings.